The predicted octanol–water partition coefficient (Wildman–Crippen LogP) is -1.05. The van der Waals surface area contributed by atoms with Gasteiger partial charge >= 0.3 is 0 Å². The van der Waals surface area contributed by atoms with E-state index in [9.17, 15) is 8.42 Å². The van der Waals surface area contributed by atoms with Gasteiger partial charge in [-0.1, -0.05) is 18.9 Å². The minimum absolute atomic E-state index is 0.00736. The molecule has 0 radical (unpaired) electrons. The molecule has 0 aliphatic heterocycles. The van der Waals surface area contributed by atoms with Crippen molar-refractivity contribution >= 4 is 16.0 Å². The molecule has 1 rings (SSSR count). The maximum atomic E-state index is 11.5. The number of sulfonamides is 1. The van der Waals surface area contributed by atoms with Crippen molar-refractivity contribution in [2.45, 2.75) is 19.9 Å². The summed E-state index contributed by atoms with van der Waals surface area (Å²) >= 11 is 0. The molecule has 0 saturated heterocycles. The topological polar surface area (TPSA) is 102 Å². The summed E-state index contributed by atoms with van der Waals surface area (Å²) < 4.78 is 25.3. The molecular weight excluding hydrogens is 232 g/mol. The van der Waals surface area contributed by atoms with E-state index in [1.807, 2.05) is 13.8 Å². The Morgan fingerprint density at radius 2 is 2.12 bits per heavy atom. The first-order valence-electron chi connectivity index (χ1n) is 4.87. The maximum Gasteiger partial charge on any atom is 0.276 e. The molecular formula is C7H16N6O2S. The number of aryl methyl sites for hydroxylation is 1. The summed E-state index contributed by atoms with van der Waals surface area (Å²) in [7, 11) is -1.85. The smallest absolute Gasteiger partial charge is 0.276 e. The third-order valence-electron chi connectivity index (χ3n) is 1.68. The Morgan fingerprint density at radius 1 is 1.44 bits per heavy atom. The molecule has 9 heteroatoms. The molecule has 0 bridgehead atoms. The van der Waals surface area contributed by atoms with Gasteiger partial charge in [0.2, 0.25) is 10.0 Å². The fourth-order valence-corrected chi connectivity index (χ4v) is 1.85. The van der Waals surface area contributed by atoms with Crippen LogP contribution in [0.5, 0.6) is 0 Å². The molecule has 0 aromatic carbocycles. The lowest BCUT2D eigenvalue weighted by atomic mass is 10.4. The van der Waals surface area contributed by atoms with Crippen LogP contribution in [0.15, 0.2) is 0 Å². The third-order valence-corrected chi connectivity index (χ3v) is 2.91. The van der Waals surface area contributed by atoms with Crippen molar-refractivity contribution in [2.75, 3.05) is 17.0 Å². The summed E-state index contributed by atoms with van der Waals surface area (Å²) in [4.78, 5) is 1.18. The van der Waals surface area contributed by atoms with Crippen LogP contribution in [0.2, 0.25) is 0 Å². The molecule has 0 fully saturated rings. The standard InChI is InChI=1S/C7H16N6O2S/c1-6(2)8-4-5-16(14,15)11-7-9-12-13(3)10-7/h6,8H,4-5H2,1-3H3,(H,10,11). The second-order valence-corrected chi connectivity index (χ2v) is 5.47. The number of nitrogens with one attached hydrogen (secondary N) is 2. The minimum atomic E-state index is -3.41. The van der Waals surface area contributed by atoms with E-state index in [-0.39, 0.29) is 17.7 Å². The number of tetrazole rings is 1. The van der Waals surface area contributed by atoms with Gasteiger partial charge in [0, 0.05) is 12.6 Å². The lowest BCUT2D eigenvalue weighted by Crippen LogP contribution is -2.31. The first-order chi connectivity index (χ1) is 7.39. The molecule has 0 aliphatic carbocycles. The molecule has 16 heavy (non-hydrogen) atoms. The van der Waals surface area contributed by atoms with Gasteiger partial charge in [-0.15, -0.1) is 5.10 Å². The van der Waals surface area contributed by atoms with E-state index in [1.54, 1.807) is 7.05 Å². The Balaban J connectivity index is 2.46. The second-order valence-electron chi connectivity index (χ2n) is 3.63. The van der Waals surface area contributed by atoms with Crippen molar-refractivity contribution in [3.05, 3.63) is 0 Å². The van der Waals surface area contributed by atoms with Crippen LogP contribution in [-0.4, -0.2) is 47.0 Å². The van der Waals surface area contributed by atoms with Gasteiger partial charge in [0.25, 0.3) is 5.95 Å². The van der Waals surface area contributed by atoms with E-state index < -0.39 is 10.0 Å². The summed E-state index contributed by atoms with van der Waals surface area (Å²) in [5.74, 6) is -0.0317. The van der Waals surface area contributed by atoms with Gasteiger partial charge in [-0.25, -0.2) is 13.1 Å². The normalized spacial score (nSPS) is 12.0. The zero-order valence-electron chi connectivity index (χ0n) is 9.51. The van der Waals surface area contributed by atoms with Gasteiger partial charge in [-0.05, 0) is 5.21 Å². The molecule has 8 nitrogen and oxygen atoms in total. The van der Waals surface area contributed by atoms with E-state index in [0.717, 1.165) is 0 Å². The average molecular weight is 248 g/mol. The Morgan fingerprint density at radius 3 is 2.62 bits per heavy atom. The lowest BCUT2D eigenvalue weighted by Gasteiger charge is -2.08. The molecule has 0 atom stereocenters. The van der Waals surface area contributed by atoms with Crippen molar-refractivity contribution in [2.24, 2.45) is 7.05 Å². The van der Waals surface area contributed by atoms with Gasteiger partial charge in [0.15, 0.2) is 0 Å². The minimum Gasteiger partial charge on any atom is -0.313 e. The predicted molar refractivity (Wildman–Crippen MR) is 59.3 cm³/mol. The van der Waals surface area contributed by atoms with E-state index >= 15 is 0 Å². The van der Waals surface area contributed by atoms with Crippen LogP contribution >= 0.6 is 0 Å². The largest absolute Gasteiger partial charge is 0.313 e. The zero-order chi connectivity index (χ0) is 12.2. The molecule has 1 aromatic rings. The van der Waals surface area contributed by atoms with Crippen LogP contribution in [0.4, 0.5) is 5.95 Å². The summed E-state index contributed by atoms with van der Waals surface area (Å²) in [6, 6.07) is 0.254. The van der Waals surface area contributed by atoms with Crippen LogP contribution < -0.4 is 10.0 Å². The molecule has 0 aliphatic rings. The average Bonchev–Trinajstić information content (AvgIpc) is 2.48. The van der Waals surface area contributed by atoms with Gasteiger partial charge in [-0.3, -0.25) is 0 Å². The van der Waals surface area contributed by atoms with Gasteiger partial charge in [0.05, 0.1) is 12.8 Å². The Hall–Kier alpha value is -1.22. The van der Waals surface area contributed by atoms with Crippen molar-refractivity contribution in [1.29, 1.82) is 0 Å². The van der Waals surface area contributed by atoms with Crippen molar-refractivity contribution < 1.29 is 8.42 Å². The quantitative estimate of drug-likeness (QED) is 0.666. The molecule has 2 N–H and O–H groups in total. The number of anilines is 1. The Bertz CT molecular complexity index is 426. The summed E-state index contributed by atoms with van der Waals surface area (Å²) in [6.45, 7) is 4.28. The molecule has 92 valence electrons. The van der Waals surface area contributed by atoms with Crippen LogP contribution in [0, 0.1) is 0 Å². The first kappa shape index (κ1) is 12.8. The zero-order valence-corrected chi connectivity index (χ0v) is 10.3. The number of hydrogen-bond acceptors (Lipinski definition) is 6. The lowest BCUT2D eigenvalue weighted by molar-refractivity contribution is 0.581. The second kappa shape index (κ2) is 5.21. The highest BCUT2D eigenvalue weighted by Gasteiger charge is 2.13. The summed E-state index contributed by atoms with van der Waals surface area (Å²) in [5.41, 5.74) is 0. The van der Waals surface area contributed by atoms with E-state index in [0.29, 0.717) is 6.54 Å². The fourth-order valence-electron chi connectivity index (χ4n) is 0.997. The van der Waals surface area contributed by atoms with Crippen molar-refractivity contribution in [3.8, 4) is 0 Å². The highest BCUT2D eigenvalue weighted by molar-refractivity contribution is 7.92. The van der Waals surface area contributed by atoms with E-state index in [4.69, 9.17) is 0 Å². The van der Waals surface area contributed by atoms with Gasteiger partial charge < -0.3 is 5.32 Å². The molecule has 0 spiro atoms. The molecule has 1 heterocycles. The van der Waals surface area contributed by atoms with Crippen molar-refractivity contribution in [1.82, 2.24) is 25.5 Å². The summed E-state index contributed by atoms with van der Waals surface area (Å²) in [5, 5.41) is 13.8. The molecule has 0 unspecified atom stereocenters. The Labute approximate surface area is 94.5 Å². The van der Waals surface area contributed by atoms with Crippen LogP contribution in [0.25, 0.3) is 0 Å². The third kappa shape index (κ3) is 4.53. The number of nitrogens with zero attached hydrogens (tertiary/aromatic N) is 4. The van der Waals surface area contributed by atoms with Crippen LogP contribution in [-0.2, 0) is 17.1 Å². The van der Waals surface area contributed by atoms with Crippen LogP contribution in [0.3, 0.4) is 0 Å². The Kier molecular flexibility index (Phi) is 4.19. The summed E-state index contributed by atoms with van der Waals surface area (Å²) in [6.07, 6.45) is 0. The van der Waals surface area contributed by atoms with E-state index in [1.165, 1.54) is 4.80 Å². The number of aromatic nitrogens is 4. The molecule has 0 saturated carbocycles. The monoisotopic (exact) mass is 248 g/mol. The van der Waals surface area contributed by atoms with Gasteiger partial charge in [0.1, 0.15) is 0 Å². The van der Waals surface area contributed by atoms with Crippen molar-refractivity contribution in [3.63, 3.8) is 0 Å². The van der Waals surface area contributed by atoms with E-state index in [2.05, 4.69) is 25.4 Å². The van der Waals surface area contributed by atoms with Crippen LogP contribution in [0.1, 0.15) is 13.8 Å². The fraction of sp³-hybridized carbons (Fsp3) is 0.857. The number of hydrogen-bond donors (Lipinski definition) is 2. The van der Waals surface area contributed by atoms with Gasteiger partial charge in [-0.2, -0.15) is 4.80 Å². The number of rotatable bonds is 6. The first-order valence-corrected chi connectivity index (χ1v) is 6.52. The highest BCUT2D eigenvalue weighted by Crippen LogP contribution is 1.97. The maximum absolute atomic E-state index is 11.5. The molecule has 1 aromatic heterocycles. The molecule has 0 amide bonds. The SMILES string of the molecule is CC(C)NCCS(=O)(=O)Nc1nnn(C)n1. The highest BCUT2D eigenvalue weighted by atomic mass is 32.2.